The quantitative estimate of drug-likeness (QED) is 0.865. The van der Waals surface area contributed by atoms with Crippen LogP contribution in [0.4, 0.5) is 0 Å². The van der Waals surface area contributed by atoms with Crippen LogP contribution in [0.1, 0.15) is 64.2 Å². The molecule has 2 aliphatic rings. The Morgan fingerprint density at radius 3 is 2.26 bits per heavy atom. The van der Waals surface area contributed by atoms with Crippen LogP contribution in [0.25, 0.3) is 0 Å². The third kappa shape index (κ3) is 5.31. The van der Waals surface area contributed by atoms with Crippen molar-refractivity contribution in [1.82, 2.24) is 10.2 Å². The fourth-order valence-electron chi connectivity index (χ4n) is 3.31. The summed E-state index contributed by atoms with van der Waals surface area (Å²) >= 11 is 0. The minimum absolute atomic E-state index is 0. The molecule has 1 aliphatic carbocycles. The molecule has 19 heavy (non-hydrogen) atoms. The predicted molar refractivity (Wildman–Crippen MR) is 81.8 cm³/mol. The van der Waals surface area contributed by atoms with Crippen molar-refractivity contribution in [1.29, 1.82) is 0 Å². The lowest BCUT2D eigenvalue weighted by Gasteiger charge is -2.30. The summed E-state index contributed by atoms with van der Waals surface area (Å²) in [5.74, 6) is 0.347. The number of amides is 1. The van der Waals surface area contributed by atoms with Crippen molar-refractivity contribution in [3.8, 4) is 0 Å². The van der Waals surface area contributed by atoms with Gasteiger partial charge in [0.05, 0.1) is 0 Å². The van der Waals surface area contributed by atoms with E-state index in [9.17, 15) is 4.79 Å². The van der Waals surface area contributed by atoms with Gasteiger partial charge in [-0.3, -0.25) is 4.79 Å². The second-order valence-electron chi connectivity index (χ2n) is 6.00. The van der Waals surface area contributed by atoms with Crippen molar-refractivity contribution in [2.45, 2.75) is 76.3 Å². The summed E-state index contributed by atoms with van der Waals surface area (Å²) in [5, 5.41) is 3.42. The lowest BCUT2D eigenvalue weighted by atomic mass is 9.95. The number of carbonyl (C=O) groups is 1. The van der Waals surface area contributed by atoms with E-state index in [0.29, 0.717) is 24.4 Å². The van der Waals surface area contributed by atoms with Gasteiger partial charge in [-0.2, -0.15) is 0 Å². The van der Waals surface area contributed by atoms with Crippen molar-refractivity contribution in [3.63, 3.8) is 0 Å². The first-order valence-corrected chi connectivity index (χ1v) is 7.76. The number of hydrogen-bond acceptors (Lipinski definition) is 2. The molecular weight excluding hydrogens is 260 g/mol. The maximum absolute atomic E-state index is 12.3. The summed E-state index contributed by atoms with van der Waals surface area (Å²) in [6, 6.07) is 0.938. The summed E-state index contributed by atoms with van der Waals surface area (Å²) < 4.78 is 0. The van der Waals surface area contributed by atoms with Gasteiger partial charge in [0.15, 0.2) is 0 Å². The molecule has 1 unspecified atom stereocenters. The second kappa shape index (κ2) is 8.80. The minimum atomic E-state index is 0. The number of hydrogen-bond donors (Lipinski definition) is 1. The first-order chi connectivity index (χ1) is 8.77. The van der Waals surface area contributed by atoms with E-state index in [0.717, 1.165) is 6.54 Å². The molecule has 0 aromatic carbocycles. The molecule has 4 heteroatoms. The minimum Gasteiger partial charge on any atom is -0.343 e. The van der Waals surface area contributed by atoms with Crippen LogP contribution in [0.15, 0.2) is 0 Å². The molecular formula is C15H29ClN2O. The summed E-state index contributed by atoms with van der Waals surface area (Å²) in [5.41, 5.74) is 0. The van der Waals surface area contributed by atoms with Gasteiger partial charge in [-0.15, -0.1) is 12.4 Å². The molecule has 1 aliphatic heterocycles. The van der Waals surface area contributed by atoms with Gasteiger partial charge in [0.25, 0.3) is 0 Å². The van der Waals surface area contributed by atoms with Gasteiger partial charge in [-0.1, -0.05) is 32.1 Å². The van der Waals surface area contributed by atoms with Gasteiger partial charge >= 0.3 is 0 Å². The normalized spacial score (nSPS) is 25.2. The largest absolute Gasteiger partial charge is 0.343 e. The highest BCUT2D eigenvalue weighted by molar-refractivity contribution is 5.85. The zero-order chi connectivity index (χ0) is 12.8. The van der Waals surface area contributed by atoms with E-state index in [-0.39, 0.29) is 12.4 Å². The van der Waals surface area contributed by atoms with Crippen LogP contribution in [0, 0.1) is 0 Å². The maximum Gasteiger partial charge on any atom is 0.224 e. The molecule has 0 aromatic rings. The maximum atomic E-state index is 12.3. The van der Waals surface area contributed by atoms with Crippen LogP contribution >= 0.6 is 12.4 Å². The van der Waals surface area contributed by atoms with E-state index in [1.165, 1.54) is 57.8 Å². The number of rotatable bonds is 3. The molecule has 1 N–H and O–H groups in total. The SMILES string of the molecule is CN(C(=O)CC1CCCN1)C1CCCCCCC1.Cl. The molecule has 1 amide bonds. The Balaban J connectivity index is 0.00000180. The van der Waals surface area contributed by atoms with Crippen molar-refractivity contribution < 1.29 is 4.79 Å². The third-order valence-electron chi connectivity index (χ3n) is 4.60. The van der Waals surface area contributed by atoms with E-state index < -0.39 is 0 Å². The van der Waals surface area contributed by atoms with E-state index in [1.54, 1.807) is 0 Å². The molecule has 1 atom stereocenters. The number of nitrogens with zero attached hydrogens (tertiary/aromatic N) is 1. The lowest BCUT2D eigenvalue weighted by molar-refractivity contribution is -0.132. The molecule has 2 fully saturated rings. The van der Waals surface area contributed by atoms with Crippen molar-refractivity contribution in [2.75, 3.05) is 13.6 Å². The molecule has 1 saturated heterocycles. The van der Waals surface area contributed by atoms with Crippen molar-refractivity contribution in [3.05, 3.63) is 0 Å². The zero-order valence-electron chi connectivity index (χ0n) is 12.2. The highest BCUT2D eigenvalue weighted by Gasteiger charge is 2.24. The van der Waals surface area contributed by atoms with E-state index in [4.69, 9.17) is 0 Å². The van der Waals surface area contributed by atoms with Crippen LogP contribution in [0.3, 0.4) is 0 Å². The van der Waals surface area contributed by atoms with Gasteiger partial charge in [0.2, 0.25) is 5.91 Å². The number of carbonyl (C=O) groups excluding carboxylic acids is 1. The molecule has 1 saturated carbocycles. The highest BCUT2D eigenvalue weighted by atomic mass is 35.5. The average Bonchev–Trinajstić information content (AvgIpc) is 2.80. The highest BCUT2D eigenvalue weighted by Crippen LogP contribution is 2.21. The third-order valence-corrected chi connectivity index (χ3v) is 4.60. The number of halogens is 1. The molecule has 0 radical (unpaired) electrons. The topological polar surface area (TPSA) is 32.3 Å². The zero-order valence-corrected chi connectivity index (χ0v) is 13.0. The van der Waals surface area contributed by atoms with Crippen molar-refractivity contribution in [2.24, 2.45) is 0 Å². The van der Waals surface area contributed by atoms with Crippen LogP contribution in [0.2, 0.25) is 0 Å². The molecule has 1 heterocycles. The van der Waals surface area contributed by atoms with Gasteiger partial charge in [0.1, 0.15) is 0 Å². The standard InChI is InChI=1S/C15H28N2O.ClH/c1-17(14-9-5-3-2-4-6-10-14)15(18)12-13-8-7-11-16-13;/h13-14,16H,2-12H2,1H3;1H. The first-order valence-electron chi connectivity index (χ1n) is 7.76. The molecule has 3 nitrogen and oxygen atoms in total. The van der Waals surface area contributed by atoms with Crippen LogP contribution < -0.4 is 5.32 Å². The Morgan fingerprint density at radius 2 is 1.68 bits per heavy atom. The van der Waals surface area contributed by atoms with Gasteiger partial charge in [-0.05, 0) is 32.2 Å². The fraction of sp³-hybridized carbons (Fsp3) is 0.933. The van der Waals surface area contributed by atoms with Gasteiger partial charge < -0.3 is 10.2 Å². The van der Waals surface area contributed by atoms with E-state index in [1.807, 2.05) is 11.9 Å². The molecule has 2 rings (SSSR count). The van der Waals surface area contributed by atoms with Crippen LogP contribution in [-0.4, -0.2) is 36.5 Å². The summed E-state index contributed by atoms with van der Waals surface area (Å²) in [6.45, 7) is 1.09. The monoisotopic (exact) mass is 288 g/mol. The smallest absolute Gasteiger partial charge is 0.224 e. The van der Waals surface area contributed by atoms with Crippen LogP contribution in [0.5, 0.6) is 0 Å². The summed E-state index contributed by atoms with van der Waals surface area (Å²) in [6.07, 6.45) is 12.2. The Morgan fingerprint density at radius 1 is 1.05 bits per heavy atom. The van der Waals surface area contributed by atoms with E-state index >= 15 is 0 Å². The Kier molecular flexibility index (Phi) is 7.77. The Bertz CT molecular complexity index is 259. The second-order valence-corrected chi connectivity index (χ2v) is 6.00. The Labute approximate surface area is 123 Å². The van der Waals surface area contributed by atoms with Crippen molar-refractivity contribution >= 4 is 18.3 Å². The average molecular weight is 289 g/mol. The summed E-state index contributed by atoms with van der Waals surface area (Å²) in [7, 11) is 2.02. The molecule has 112 valence electrons. The Hall–Kier alpha value is -0.280. The summed E-state index contributed by atoms with van der Waals surface area (Å²) in [4.78, 5) is 14.3. The van der Waals surface area contributed by atoms with Gasteiger partial charge in [-0.25, -0.2) is 0 Å². The first kappa shape index (κ1) is 16.8. The predicted octanol–water partition coefficient (Wildman–Crippen LogP) is 3.12. The lowest BCUT2D eigenvalue weighted by Crippen LogP contribution is -2.40. The molecule has 0 spiro atoms. The van der Waals surface area contributed by atoms with Gasteiger partial charge in [0, 0.05) is 25.6 Å². The molecule has 0 bridgehead atoms. The molecule has 0 aromatic heterocycles. The van der Waals surface area contributed by atoms with Crippen LogP contribution in [-0.2, 0) is 4.79 Å². The fourth-order valence-corrected chi connectivity index (χ4v) is 3.31. The number of nitrogens with one attached hydrogen (secondary N) is 1. The van der Waals surface area contributed by atoms with E-state index in [2.05, 4.69) is 5.32 Å².